The number of phenolic OH excluding ortho intramolecular Hbond substituents is 2. The maximum atomic E-state index is 10.2. The third kappa shape index (κ3) is 2.63. The molecule has 0 radical (unpaired) electrons. The molecule has 0 saturated heterocycles. The van der Waals surface area contributed by atoms with Crippen LogP contribution in [0.15, 0.2) is 29.3 Å². The van der Waals surface area contributed by atoms with Gasteiger partial charge in [0.1, 0.15) is 0 Å². The smallest absolute Gasteiger partial charge is 0.260 e. The highest BCUT2D eigenvalue weighted by atomic mass is 32.2. The molecule has 2 rings (SSSR count). The standard InChI is InChI=1S/C15H19NO2S/c1-9(2)16-8-7-13(19-10(3)4)11-5-6-12(17)15(18)14(11)16/h5-10,18H,1-4H3/p+1. The van der Waals surface area contributed by atoms with Gasteiger partial charge >= 0.3 is 0 Å². The van der Waals surface area contributed by atoms with Gasteiger partial charge in [0, 0.05) is 16.2 Å². The van der Waals surface area contributed by atoms with Crippen molar-refractivity contribution >= 4 is 22.7 Å². The molecule has 2 aromatic rings. The van der Waals surface area contributed by atoms with Crippen LogP contribution in [0.25, 0.3) is 10.9 Å². The van der Waals surface area contributed by atoms with Crippen molar-refractivity contribution in [1.82, 2.24) is 0 Å². The SMILES string of the molecule is CC(C)Sc1cc[n+](C(C)C)c2c(O)c(O)ccc12. The monoisotopic (exact) mass is 278 g/mol. The van der Waals surface area contributed by atoms with E-state index in [9.17, 15) is 10.2 Å². The number of hydrogen-bond donors (Lipinski definition) is 2. The molecular weight excluding hydrogens is 258 g/mol. The minimum atomic E-state index is -0.0754. The number of nitrogens with zero attached hydrogens (tertiary/aromatic N) is 1. The molecule has 0 fully saturated rings. The first-order chi connectivity index (χ1) is 8.91. The average Bonchev–Trinajstić information content (AvgIpc) is 2.33. The van der Waals surface area contributed by atoms with Crippen molar-refractivity contribution in [1.29, 1.82) is 0 Å². The molecule has 0 aliphatic heterocycles. The Balaban J connectivity index is 2.78. The molecule has 102 valence electrons. The van der Waals surface area contributed by atoms with Crippen molar-refractivity contribution in [2.24, 2.45) is 0 Å². The van der Waals surface area contributed by atoms with Gasteiger partial charge in [-0.25, -0.2) is 0 Å². The van der Waals surface area contributed by atoms with E-state index in [4.69, 9.17) is 0 Å². The molecular formula is C15H20NO2S+. The van der Waals surface area contributed by atoms with E-state index in [1.807, 2.05) is 16.8 Å². The molecule has 1 aromatic carbocycles. The van der Waals surface area contributed by atoms with Crippen LogP contribution in [0.3, 0.4) is 0 Å². The van der Waals surface area contributed by atoms with Crippen molar-refractivity contribution in [3.8, 4) is 11.5 Å². The number of hydrogen-bond acceptors (Lipinski definition) is 3. The van der Waals surface area contributed by atoms with Crippen molar-refractivity contribution < 1.29 is 14.8 Å². The van der Waals surface area contributed by atoms with E-state index in [1.165, 1.54) is 0 Å². The lowest BCUT2D eigenvalue weighted by atomic mass is 10.1. The van der Waals surface area contributed by atoms with Crippen LogP contribution in [0.4, 0.5) is 0 Å². The predicted molar refractivity (Wildman–Crippen MR) is 78.9 cm³/mol. The summed E-state index contributed by atoms with van der Waals surface area (Å²) in [5.41, 5.74) is 0.695. The van der Waals surface area contributed by atoms with Gasteiger partial charge in [0.25, 0.3) is 5.52 Å². The van der Waals surface area contributed by atoms with E-state index in [0.717, 1.165) is 10.3 Å². The Morgan fingerprint density at radius 3 is 2.32 bits per heavy atom. The fourth-order valence-corrected chi connectivity index (χ4v) is 3.07. The largest absolute Gasteiger partial charge is 0.504 e. The topological polar surface area (TPSA) is 44.3 Å². The predicted octanol–water partition coefficient (Wildman–Crippen LogP) is 3.62. The van der Waals surface area contributed by atoms with E-state index in [-0.39, 0.29) is 17.5 Å². The molecule has 1 heterocycles. The van der Waals surface area contributed by atoms with Gasteiger partial charge in [0.15, 0.2) is 18.0 Å². The van der Waals surface area contributed by atoms with Gasteiger partial charge in [-0.15, -0.1) is 11.8 Å². The fourth-order valence-electron chi connectivity index (χ4n) is 2.13. The van der Waals surface area contributed by atoms with Crippen LogP contribution in [0.5, 0.6) is 11.5 Å². The lowest BCUT2D eigenvalue weighted by molar-refractivity contribution is -0.691. The molecule has 0 aliphatic carbocycles. The normalized spacial score (nSPS) is 11.7. The van der Waals surface area contributed by atoms with E-state index in [0.29, 0.717) is 10.8 Å². The Bertz CT molecular complexity index is 609. The molecule has 4 heteroatoms. The van der Waals surface area contributed by atoms with Gasteiger partial charge in [-0.05, 0) is 26.0 Å². The second-order valence-electron chi connectivity index (χ2n) is 5.18. The van der Waals surface area contributed by atoms with E-state index >= 15 is 0 Å². The maximum Gasteiger partial charge on any atom is 0.260 e. The van der Waals surface area contributed by atoms with Crippen LogP contribution < -0.4 is 4.57 Å². The molecule has 0 saturated carbocycles. The van der Waals surface area contributed by atoms with Gasteiger partial charge in [-0.3, -0.25) is 0 Å². The van der Waals surface area contributed by atoms with Crippen LogP contribution in [0.2, 0.25) is 0 Å². The van der Waals surface area contributed by atoms with Gasteiger partial charge in [-0.1, -0.05) is 13.8 Å². The number of phenols is 2. The highest BCUT2D eigenvalue weighted by Crippen LogP contribution is 2.37. The second-order valence-corrected chi connectivity index (χ2v) is 6.80. The van der Waals surface area contributed by atoms with E-state index in [2.05, 4.69) is 33.8 Å². The zero-order chi connectivity index (χ0) is 14.2. The molecule has 2 N–H and O–H groups in total. The summed E-state index contributed by atoms with van der Waals surface area (Å²) < 4.78 is 1.98. The molecule has 0 bridgehead atoms. The molecule has 0 spiro atoms. The summed E-state index contributed by atoms with van der Waals surface area (Å²) >= 11 is 1.76. The minimum Gasteiger partial charge on any atom is -0.504 e. The van der Waals surface area contributed by atoms with Crippen LogP contribution in [-0.4, -0.2) is 15.5 Å². The number of thioether (sulfide) groups is 1. The molecule has 0 amide bonds. The number of benzene rings is 1. The first-order valence-corrected chi connectivity index (χ1v) is 7.35. The molecule has 19 heavy (non-hydrogen) atoms. The summed E-state index contributed by atoms with van der Waals surface area (Å²) in [5, 5.41) is 21.3. The quantitative estimate of drug-likeness (QED) is 0.512. The van der Waals surface area contributed by atoms with E-state index < -0.39 is 0 Å². The van der Waals surface area contributed by atoms with Crippen LogP contribution in [-0.2, 0) is 0 Å². The zero-order valence-corrected chi connectivity index (χ0v) is 12.5. The lowest BCUT2D eigenvalue weighted by Gasteiger charge is -2.11. The third-order valence-electron chi connectivity index (χ3n) is 2.96. The van der Waals surface area contributed by atoms with Crippen LogP contribution >= 0.6 is 11.8 Å². The van der Waals surface area contributed by atoms with Crippen molar-refractivity contribution in [2.45, 2.75) is 43.9 Å². The molecule has 0 atom stereocenters. The zero-order valence-electron chi connectivity index (χ0n) is 11.7. The Morgan fingerprint density at radius 2 is 1.74 bits per heavy atom. The molecule has 1 aromatic heterocycles. The summed E-state index contributed by atoms with van der Waals surface area (Å²) in [4.78, 5) is 1.12. The number of fused-ring (bicyclic) bond motifs is 1. The number of rotatable bonds is 3. The van der Waals surface area contributed by atoms with Crippen molar-refractivity contribution in [2.75, 3.05) is 0 Å². The Morgan fingerprint density at radius 1 is 1.05 bits per heavy atom. The van der Waals surface area contributed by atoms with Gasteiger partial charge in [-0.2, -0.15) is 4.57 Å². The second kappa shape index (κ2) is 5.29. The summed E-state index contributed by atoms with van der Waals surface area (Å²) in [5.74, 6) is -0.119. The fraction of sp³-hybridized carbons (Fsp3) is 0.400. The summed E-state index contributed by atoms with van der Waals surface area (Å²) in [6.45, 7) is 8.39. The van der Waals surface area contributed by atoms with E-state index in [1.54, 1.807) is 17.8 Å². The minimum absolute atomic E-state index is 0.0441. The maximum absolute atomic E-state index is 10.2. The van der Waals surface area contributed by atoms with Gasteiger partial charge in [0.05, 0.1) is 5.39 Å². The Hall–Kier alpha value is -1.42. The first-order valence-electron chi connectivity index (χ1n) is 6.47. The number of aromatic hydroxyl groups is 2. The van der Waals surface area contributed by atoms with Crippen LogP contribution in [0, 0.1) is 0 Å². The molecule has 0 aliphatic rings. The molecule has 0 unspecified atom stereocenters. The Kier molecular flexibility index (Phi) is 3.90. The third-order valence-corrected chi connectivity index (χ3v) is 4.04. The summed E-state index contributed by atoms with van der Waals surface area (Å²) in [7, 11) is 0. The highest BCUT2D eigenvalue weighted by Gasteiger charge is 2.22. The van der Waals surface area contributed by atoms with Crippen LogP contribution in [0.1, 0.15) is 33.7 Å². The van der Waals surface area contributed by atoms with Gasteiger partial charge in [0.2, 0.25) is 5.75 Å². The van der Waals surface area contributed by atoms with Gasteiger partial charge < -0.3 is 10.2 Å². The average molecular weight is 278 g/mol. The molecule has 3 nitrogen and oxygen atoms in total. The van der Waals surface area contributed by atoms with Crippen molar-refractivity contribution in [3.05, 3.63) is 24.4 Å². The summed E-state index contributed by atoms with van der Waals surface area (Å²) in [6, 6.07) is 5.71. The number of pyridine rings is 1. The highest BCUT2D eigenvalue weighted by molar-refractivity contribution is 8.00. The first kappa shape index (κ1) is 14.0. The lowest BCUT2D eigenvalue weighted by Crippen LogP contribution is -2.36. The Labute approximate surface area is 117 Å². The van der Waals surface area contributed by atoms with Crippen molar-refractivity contribution in [3.63, 3.8) is 0 Å². The summed E-state index contributed by atoms with van der Waals surface area (Å²) in [6.07, 6.45) is 1.97. The number of aromatic nitrogens is 1.